The highest BCUT2D eigenvalue weighted by molar-refractivity contribution is 5.74. The van der Waals surface area contributed by atoms with E-state index in [1.165, 1.54) is 0 Å². The monoisotopic (exact) mass is 264 g/mol. The van der Waals surface area contributed by atoms with Crippen molar-refractivity contribution in [3.05, 3.63) is 29.8 Å². The van der Waals surface area contributed by atoms with E-state index in [4.69, 9.17) is 4.74 Å². The largest absolute Gasteiger partial charge is 0.497 e. The highest BCUT2D eigenvalue weighted by Gasteiger charge is 2.12. The number of hydrogen-bond acceptors (Lipinski definition) is 2. The predicted molar refractivity (Wildman–Crippen MR) is 77.4 cm³/mol. The molecule has 0 heterocycles. The lowest BCUT2D eigenvalue weighted by Crippen LogP contribution is -2.42. The standard InChI is InChI=1S/C15H24N2O2/c1-5-13(6-2)16-15(18)17(3)11-12-8-7-9-14(10-12)19-4/h7-10,13H,5-6,11H2,1-4H3,(H,16,18). The van der Waals surface area contributed by atoms with E-state index in [2.05, 4.69) is 19.2 Å². The summed E-state index contributed by atoms with van der Waals surface area (Å²) in [6.07, 6.45) is 1.91. The van der Waals surface area contributed by atoms with Gasteiger partial charge in [-0.25, -0.2) is 4.79 Å². The molecule has 0 radical (unpaired) electrons. The smallest absolute Gasteiger partial charge is 0.317 e. The lowest BCUT2D eigenvalue weighted by molar-refractivity contribution is 0.201. The first-order valence-electron chi connectivity index (χ1n) is 6.75. The molecule has 0 unspecified atom stereocenters. The summed E-state index contributed by atoms with van der Waals surface area (Å²) >= 11 is 0. The first-order valence-corrected chi connectivity index (χ1v) is 6.75. The van der Waals surface area contributed by atoms with E-state index in [9.17, 15) is 4.79 Å². The maximum absolute atomic E-state index is 12.0. The summed E-state index contributed by atoms with van der Waals surface area (Å²) in [5, 5.41) is 3.02. The van der Waals surface area contributed by atoms with Gasteiger partial charge in [0.1, 0.15) is 5.75 Å². The Kier molecular flexibility index (Phi) is 6.19. The number of methoxy groups -OCH3 is 1. The molecule has 0 atom stereocenters. The van der Waals surface area contributed by atoms with Gasteiger partial charge >= 0.3 is 6.03 Å². The Labute approximate surface area is 115 Å². The quantitative estimate of drug-likeness (QED) is 0.858. The molecule has 0 saturated heterocycles. The summed E-state index contributed by atoms with van der Waals surface area (Å²) in [6.45, 7) is 4.73. The maximum Gasteiger partial charge on any atom is 0.317 e. The molecule has 0 bridgehead atoms. The molecule has 19 heavy (non-hydrogen) atoms. The molecule has 0 spiro atoms. The SMILES string of the molecule is CCC(CC)NC(=O)N(C)Cc1cccc(OC)c1. The van der Waals surface area contributed by atoms with Crippen LogP contribution in [-0.2, 0) is 6.54 Å². The second-order valence-corrected chi connectivity index (χ2v) is 4.67. The number of benzene rings is 1. The van der Waals surface area contributed by atoms with E-state index in [0.717, 1.165) is 24.2 Å². The Balaban J connectivity index is 2.57. The Morgan fingerprint density at radius 2 is 2.05 bits per heavy atom. The lowest BCUT2D eigenvalue weighted by Gasteiger charge is -2.22. The molecule has 0 aliphatic carbocycles. The van der Waals surface area contributed by atoms with Crippen LogP contribution >= 0.6 is 0 Å². The Morgan fingerprint density at radius 3 is 2.63 bits per heavy atom. The van der Waals surface area contributed by atoms with Gasteiger partial charge < -0.3 is 15.0 Å². The minimum absolute atomic E-state index is 0.0310. The maximum atomic E-state index is 12.0. The van der Waals surface area contributed by atoms with E-state index in [-0.39, 0.29) is 12.1 Å². The number of hydrogen-bond donors (Lipinski definition) is 1. The fourth-order valence-corrected chi connectivity index (χ4v) is 1.89. The highest BCUT2D eigenvalue weighted by atomic mass is 16.5. The minimum Gasteiger partial charge on any atom is -0.497 e. The van der Waals surface area contributed by atoms with Crippen LogP contribution in [0.5, 0.6) is 5.75 Å². The van der Waals surface area contributed by atoms with Crippen molar-refractivity contribution in [3.63, 3.8) is 0 Å². The van der Waals surface area contributed by atoms with E-state index in [1.54, 1.807) is 19.1 Å². The first-order chi connectivity index (χ1) is 9.10. The van der Waals surface area contributed by atoms with Gasteiger partial charge in [-0.05, 0) is 30.5 Å². The highest BCUT2D eigenvalue weighted by Crippen LogP contribution is 2.14. The molecule has 0 fully saturated rings. The van der Waals surface area contributed by atoms with Crippen molar-refractivity contribution in [2.24, 2.45) is 0 Å². The molecule has 1 N–H and O–H groups in total. The summed E-state index contributed by atoms with van der Waals surface area (Å²) in [5.41, 5.74) is 1.06. The number of rotatable bonds is 6. The topological polar surface area (TPSA) is 41.6 Å². The van der Waals surface area contributed by atoms with Crippen LogP contribution < -0.4 is 10.1 Å². The molecule has 0 aromatic heterocycles. The summed E-state index contributed by atoms with van der Waals surface area (Å²) in [7, 11) is 3.44. The van der Waals surface area contributed by atoms with Gasteiger partial charge in [0.05, 0.1) is 7.11 Å². The van der Waals surface area contributed by atoms with Gasteiger partial charge in [0.25, 0.3) is 0 Å². The average Bonchev–Trinajstić information content (AvgIpc) is 2.44. The van der Waals surface area contributed by atoms with Crippen LogP contribution in [0.3, 0.4) is 0 Å². The predicted octanol–water partition coefficient (Wildman–Crippen LogP) is 3.03. The lowest BCUT2D eigenvalue weighted by atomic mass is 10.2. The summed E-state index contributed by atoms with van der Waals surface area (Å²) < 4.78 is 5.18. The van der Waals surface area contributed by atoms with E-state index < -0.39 is 0 Å². The molecule has 1 rings (SSSR count). The minimum atomic E-state index is -0.0310. The van der Waals surface area contributed by atoms with E-state index >= 15 is 0 Å². The second kappa shape index (κ2) is 7.67. The third-order valence-electron chi connectivity index (χ3n) is 3.21. The second-order valence-electron chi connectivity index (χ2n) is 4.67. The molecule has 4 heteroatoms. The third kappa shape index (κ3) is 4.81. The van der Waals surface area contributed by atoms with Crippen LogP contribution in [-0.4, -0.2) is 31.1 Å². The zero-order valence-electron chi connectivity index (χ0n) is 12.3. The molecule has 4 nitrogen and oxygen atoms in total. The summed E-state index contributed by atoms with van der Waals surface area (Å²) in [5.74, 6) is 0.811. The number of carbonyl (C=O) groups is 1. The number of amides is 2. The summed E-state index contributed by atoms with van der Waals surface area (Å²) in [6, 6.07) is 7.98. The van der Waals surface area contributed by atoms with Gasteiger partial charge in [-0.2, -0.15) is 0 Å². The van der Waals surface area contributed by atoms with Gasteiger partial charge in [0.2, 0.25) is 0 Å². The van der Waals surface area contributed by atoms with E-state index in [0.29, 0.717) is 6.54 Å². The van der Waals surface area contributed by atoms with Gasteiger partial charge in [0.15, 0.2) is 0 Å². The molecule has 106 valence electrons. The van der Waals surface area contributed by atoms with Crippen molar-refractivity contribution in [1.82, 2.24) is 10.2 Å². The number of carbonyl (C=O) groups excluding carboxylic acids is 1. The van der Waals surface area contributed by atoms with Crippen LogP contribution in [0, 0.1) is 0 Å². The van der Waals surface area contributed by atoms with Gasteiger partial charge in [-0.15, -0.1) is 0 Å². The Bertz CT molecular complexity index is 403. The summed E-state index contributed by atoms with van der Waals surface area (Å²) in [4.78, 5) is 13.7. The van der Waals surface area contributed by atoms with Gasteiger partial charge in [-0.1, -0.05) is 26.0 Å². The number of ether oxygens (including phenoxy) is 1. The Morgan fingerprint density at radius 1 is 1.37 bits per heavy atom. The molecule has 0 aliphatic rings. The van der Waals surface area contributed by atoms with Crippen LogP contribution in [0.15, 0.2) is 24.3 Å². The molecule has 1 aromatic rings. The van der Waals surface area contributed by atoms with Crippen molar-refractivity contribution >= 4 is 6.03 Å². The Hall–Kier alpha value is -1.71. The van der Waals surface area contributed by atoms with Crippen LogP contribution in [0.1, 0.15) is 32.3 Å². The third-order valence-corrected chi connectivity index (χ3v) is 3.21. The van der Waals surface area contributed by atoms with Crippen molar-refractivity contribution in [2.75, 3.05) is 14.2 Å². The number of nitrogens with zero attached hydrogens (tertiary/aromatic N) is 1. The molecule has 1 aromatic carbocycles. The first kappa shape index (κ1) is 15.3. The van der Waals surface area contributed by atoms with E-state index in [1.807, 2.05) is 24.3 Å². The van der Waals surface area contributed by atoms with Crippen molar-refractivity contribution in [1.29, 1.82) is 0 Å². The number of urea groups is 1. The fraction of sp³-hybridized carbons (Fsp3) is 0.533. The van der Waals surface area contributed by atoms with Gasteiger partial charge in [0, 0.05) is 19.6 Å². The number of nitrogens with one attached hydrogen (secondary N) is 1. The van der Waals surface area contributed by atoms with Crippen molar-refractivity contribution < 1.29 is 9.53 Å². The van der Waals surface area contributed by atoms with Crippen molar-refractivity contribution in [2.45, 2.75) is 39.3 Å². The van der Waals surface area contributed by atoms with Crippen molar-refractivity contribution in [3.8, 4) is 5.75 Å². The molecule has 0 aliphatic heterocycles. The molecule has 0 saturated carbocycles. The molecular formula is C15H24N2O2. The molecule has 2 amide bonds. The van der Waals surface area contributed by atoms with Crippen LogP contribution in [0.2, 0.25) is 0 Å². The normalized spacial score (nSPS) is 10.4. The average molecular weight is 264 g/mol. The zero-order chi connectivity index (χ0) is 14.3. The van der Waals surface area contributed by atoms with Crippen LogP contribution in [0.25, 0.3) is 0 Å². The van der Waals surface area contributed by atoms with Crippen LogP contribution in [0.4, 0.5) is 4.79 Å². The fourth-order valence-electron chi connectivity index (χ4n) is 1.89. The molecular weight excluding hydrogens is 240 g/mol. The van der Waals surface area contributed by atoms with Gasteiger partial charge in [-0.3, -0.25) is 0 Å². The zero-order valence-corrected chi connectivity index (χ0v) is 12.3.